The van der Waals surface area contributed by atoms with Gasteiger partial charge in [0.1, 0.15) is 17.1 Å². The molecule has 1 aromatic carbocycles. The molecule has 1 aliphatic rings. The van der Waals surface area contributed by atoms with Crippen molar-refractivity contribution in [1.29, 1.82) is 0 Å². The Labute approximate surface area is 107 Å². The molecule has 0 amide bonds. The summed E-state index contributed by atoms with van der Waals surface area (Å²) in [7, 11) is 4.72. The summed E-state index contributed by atoms with van der Waals surface area (Å²) in [5, 5.41) is 0. The number of carbonyl (C=O) groups excluding carboxylic acids is 1. The Morgan fingerprint density at radius 2 is 1.89 bits per heavy atom. The van der Waals surface area contributed by atoms with Crippen LogP contribution in [-0.4, -0.2) is 32.7 Å². The zero-order valence-electron chi connectivity index (χ0n) is 11.0. The van der Waals surface area contributed by atoms with Gasteiger partial charge in [0.2, 0.25) is 0 Å². The highest BCUT2D eigenvalue weighted by atomic mass is 16.5. The van der Waals surface area contributed by atoms with Crippen molar-refractivity contribution < 1.29 is 19.0 Å². The van der Waals surface area contributed by atoms with E-state index >= 15 is 0 Å². The molecule has 2 rings (SSSR count). The fourth-order valence-electron chi connectivity index (χ4n) is 2.25. The van der Waals surface area contributed by atoms with Crippen LogP contribution in [0.5, 0.6) is 11.5 Å². The van der Waals surface area contributed by atoms with Crippen molar-refractivity contribution in [2.45, 2.75) is 24.9 Å². The van der Waals surface area contributed by atoms with Gasteiger partial charge in [-0.3, -0.25) is 4.79 Å². The number of hydrogen-bond donors (Lipinski definition) is 0. The Kier molecular flexibility index (Phi) is 3.57. The van der Waals surface area contributed by atoms with Gasteiger partial charge in [-0.05, 0) is 31.4 Å². The van der Waals surface area contributed by atoms with Crippen LogP contribution in [0.4, 0.5) is 0 Å². The van der Waals surface area contributed by atoms with Crippen LogP contribution in [0.3, 0.4) is 0 Å². The lowest BCUT2D eigenvalue weighted by Crippen LogP contribution is -2.47. The van der Waals surface area contributed by atoms with E-state index in [-0.39, 0.29) is 5.78 Å². The van der Waals surface area contributed by atoms with Crippen molar-refractivity contribution in [1.82, 2.24) is 0 Å². The molecular weight excluding hydrogens is 232 g/mol. The Morgan fingerprint density at radius 1 is 1.17 bits per heavy atom. The number of rotatable bonds is 5. The van der Waals surface area contributed by atoms with Gasteiger partial charge in [-0.25, -0.2) is 0 Å². The highest BCUT2D eigenvalue weighted by Gasteiger charge is 2.45. The van der Waals surface area contributed by atoms with Crippen LogP contribution in [0.25, 0.3) is 0 Å². The number of benzene rings is 1. The predicted molar refractivity (Wildman–Crippen MR) is 67.5 cm³/mol. The van der Waals surface area contributed by atoms with Crippen LogP contribution in [0.15, 0.2) is 18.2 Å². The molecule has 4 nitrogen and oxygen atoms in total. The van der Waals surface area contributed by atoms with Gasteiger partial charge in [-0.2, -0.15) is 0 Å². The second-order valence-electron chi connectivity index (χ2n) is 4.45. The zero-order valence-corrected chi connectivity index (χ0v) is 11.0. The molecule has 0 unspecified atom stereocenters. The third-order valence-corrected chi connectivity index (χ3v) is 3.62. The van der Waals surface area contributed by atoms with Crippen LogP contribution in [0.2, 0.25) is 0 Å². The van der Waals surface area contributed by atoms with Gasteiger partial charge >= 0.3 is 0 Å². The molecule has 0 N–H and O–H groups in total. The van der Waals surface area contributed by atoms with E-state index in [1.807, 2.05) is 0 Å². The van der Waals surface area contributed by atoms with Gasteiger partial charge in [-0.15, -0.1) is 0 Å². The first-order chi connectivity index (χ1) is 8.66. The Hall–Kier alpha value is -1.55. The summed E-state index contributed by atoms with van der Waals surface area (Å²) in [5.74, 6) is 1.20. The normalized spacial score (nSPS) is 16.8. The van der Waals surface area contributed by atoms with E-state index in [1.54, 1.807) is 39.5 Å². The van der Waals surface area contributed by atoms with Crippen molar-refractivity contribution in [3.63, 3.8) is 0 Å². The van der Waals surface area contributed by atoms with Gasteiger partial charge in [0, 0.05) is 13.2 Å². The summed E-state index contributed by atoms with van der Waals surface area (Å²) in [6.07, 6.45) is 2.58. The van der Waals surface area contributed by atoms with Crippen molar-refractivity contribution in [3.8, 4) is 11.5 Å². The minimum atomic E-state index is -0.651. The second kappa shape index (κ2) is 4.98. The molecule has 0 atom stereocenters. The molecule has 98 valence electrons. The third-order valence-electron chi connectivity index (χ3n) is 3.62. The van der Waals surface area contributed by atoms with Gasteiger partial charge in [0.25, 0.3) is 0 Å². The number of ether oxygens (including phenoxy) is 3. The highest BCUT2D eigenvalue weighted by molar-refractivity contribution is 6.05. The molecule has 1 fully saturated rings. The van der Waals surface area contributed by atoms with Crippen LogP contribution in [0, 0.1) is 0 Å². The van der Waals surface area contributed by atoms with Crippen molar-refractivity contribution in [2.75, 3.05) is 21.3 Å². The Morgan fingerprint density at radius 3 is 2.33 bits per heavy atom. The van der Waals surface area contributed by atoms with Gasteiger partial charge < -0.3 is 14.2 Å². The summed E-state index contributed by atoms with van der Waals surface area (Å²) in [4.78, 5) is 12.5. The average Bonchev–Trinajstić information content (AvgIpc) is 2.37. The van der Waals surface area contributed by atoms with Crippen LogP contribution < -0.4 is 9.47 Å². The average molecular weight is 250 g/mol. The van der Waals surface area contributed by atoms with E-state index in [4.69, 9.17) is 14.2 Å². The quantitative estimate of drug-likeness (QED) is 0.753. The number of Topliss-reactive ketones (excluding diaryl/α,β-unsaturated/α-hetero) is 1. The summed E-state index contributed by atoms with van der Waals surface area (Å²) in [5.41, 5.74) is -0.0955. The molecule has 0 aliphatic heterocycles. The second-order valence-corrected chi connectivity index (χ2v) is 4.45. The highest BCUT2D eigenvalue weighted by Crippen LogP contribution is 2.40. The SMILES string of the molecule is COc1ccc(C(=O)C2(OC)CCC2)c(OC)c1. The summed E-state index contributed by atoms with van der Waals surface area (Å²) in [6.45, 7) is 0. The molecular formula is C14H18O4. The maximum Gasteiger partial charge on any atom is 0.198 e. The predicted octanol–water partition coefficient (Wildman–Crippen LogP) is 2.46. The Bertz CT molecular complexity index is 444. The first kappa shape index (κ1) is 12.9. The van der Waals surface area contributed by atoms with Gasteiger partial charge in [-0.1, -0.05) is 0 Å². The van der Waals surface area contributed by atoms with E-state index in [1.165, 1.54) is 0 Å². The molecule has 1 aliphatic carbocycles. The van der Waals surface area contributed by atoms with Crippen molar-refractivity contribution >= 4 is 5.78 Å². The smallest absolute Gasteiger partial charge is 0.198 e. The molecule has 0 radical (unpaired) electrons. The summed E-state index contributed by atoms with van der Waals surface area (Å²) >= 11 is 0. The minimum absolute atomic E-state index is 0.00393. The van der Waals surface area contributed by atoms with Gasteiger partial charge in [0.15, 0.2) is 5.78 Å². The van der Waals surface area contributed by atoms with Crippen molar-refractivity contribution in [3.05, 3.63) is 23.8 Å². The van der Waals surface area contributed by atoms with Crippen LogP contribution in [-0.2, 0) is 4.74 Å². The topological polar surface area (TPSA) is 44.8 Å². The molecule has 0 saturated heterocycles. The van der Waals surface area contributed by atoms with Gasteiger partial charge in [0.05, 0.1) is 19.8 Å². The standard InChI is InChI=1S/C14H18O4/c1-16-10-5-6-11(12(9-10)17-2)13(15)14(18-3)7-4-8-14/h5-6,9H,4,7-8H2,1-3H3. The molecule has 4 heteroatoms. The monoisotopic (exact) mass is 250 g/mol. The summed E-state index contributed by atoms with van der Waals surface area (Å²) in [6, 6.07) is 5.21. The first-order valence-corrected chi connectivity index (χ1v) is 5.99. The summed E-state index contributed by atoms with van der Waals surface area (Å²) < 4.78 is 15.8. The molecule has 0 aromatic heterocycles. The molecule has 0 bridgehead atoms. The van der Waals surface area contributed by atoms with Crippen molar-refractivity contribution in [2.24, 2.45) is 0 Å². The fraction of sp³-hybridized carbons (Fsp3) is 0.500. The maximum atomic E-state index is 12.5. The number of hydrogen-bond acceptors (Lipinski definition) is 4. The van der Waals surface area contributed by atoms with E-state index < -0.39 is 5.60 Å². The fourth-order valence-corrected chi connectivity index (χ4v) is 2.25. The van der Waals surface area contributed by atoms with E-state index in [0.29, 0.717) is 17.1 Å². The number of ketones is 1. The lowest BCUT2D eigenvalue weighted by molar-refractivity contribution is -0.0449. The molecule has 0 heterocycles. The number of carbonyl (C=O) groups is 1. The Balaban J connectivity index is 2.35. The third kappa shape index (κ3) is 1.97. The lowest BCUT2D eigenvalue weighted by Gasteiger charge is -2.39. The lowest BCUT2D eigenvalue weighted by atomic mass is 9.74. The van der Waals surface area contributed by atoms with Crippen LogP contribution in [0.1, 0.15) is 29.6 Å². The molecule has 1 saturated carbocycles. The first-order valence-electron chi connectivity index (χ1n) is 5.99. The minimum Gasteiger partial charge on any atom is -0.497 e. The van der Waals surface area contributed by atoms with E-state index in [2.05, 4.69) is 0 Å². The molecule has 0 spiro atoms. The van der Waals surface area contributed by atoms with E-state index in [9.17, 15) is 4.79 Å². The van der Waals surface area contributed by atoms with Crippen LogP contribution >= 0.6 is 0 Å². The number of methoxy groups -OCH3 is 3. The maximum absolute atomic E-state index is 12.5. The largest absolute Gasteiger partial charge is 0.497 e. The van der Waals surface area contributed by atoms with E-state index in [0.717, 1.165) is 19.3 Å². The molecule has 18 heavy (non-hydrogen) atoms. The zero-order chi connectivity index (χ0) is 13.2. The molecule has 1 aromatic rings.